The first kappa shape index (κ1) is 13.6. The predicted molar refractivity (Wildman–Crippen MR) is 71.0 cm³/mol. The zero-order chi connectivity index (χ0) is 12.8. The molecule has 0 bridgehead atoms. The minimum absolute atomic E-state index is 0.146. The fourth-order valence-electron chi connectivity index (χ4n) is 1.49. The summed E-state index contributed by atoms with van der Waals surface area (Å²) in [5, 5.41) is 8.87. The molecular weight excluding hydrogens is 232 g/mol. The van der Waals surface area contributed by atoms with E-state index in [-0.39, 0.29) is 5.91 Å². The average Bonchev–Trinajstić information content (AvgIpc) is 2.39. The zero-order valence-corrected chi connectivity index (χ0v) is 11.1. The van der Waals surface area contributed by atoms with Crippen LogP contribution in [0, 0.1) is 17.2 Å². The van der Waals surface area contributed by atoms with Crippen LogP contribution < -0.4 is 4.90 Å². The summed E-state index contributed by atoms with van der Waals surface area (Å²) < 4.78 is 0. The standard InChI is InChI=1S/C13H16N2OS/c1-4-10(9-14)13(16)15(2)11-5-7-12(17-3)8-6-11/h5-8,10H,4H2,1-3H3. The third-order valence-corrected chi connectivity index (χ3v) is 3.40. The van der Waals surface area contributed by atoms with Gasteiger partial charge >= 0.3 is 0 Å². The fourth-order valence-corrected chi connectivity index (χ4v) is 1.90. The van der Waals surface area contributed by atoms with Crippen LogP contribution in [0.4, 0.5) is 5.69 Å². The Labute approximate surface area is 106 Å². The number of anilines is 1. The van der Waals surface area contributed by atoms with E-state index in [1.807, 2.05) is 43.5 Å². The maximum absolute atomic E-state index is 12.0. The summed E-state index contributed by atoms with van der Waals surface area (Å²) in [7, 11) is 1.70. The van der Waals surface area contributed by atoms with Crippen molar-refractivity contribution in [2.75, 3.05) is 18.2 Å². The molecule has 0 spiro atoms. The van der Waals surface area contributed by atoms with Gasteiger partial charge in [-0.25, -0.2) is 0 Å². The predicted octanol–water partition coefficient (Wildman–Crippen LogP) is 2.92. The third kappa shape index (κ3) is 3.24. The van der Waals surface area contributed by atoms with Crippen molar-refractivity contribution in [2.24, 2.45) is 5.92 Å². The number of benzene rings is 1. The van der Waals surface area contributed by atoms with Crippen molar-refractivity contribution in [1.82, 2.24) is 0 Å². The molecule has 0 saturated heterocycles. The van der Waals surface area contributed by atoms with Crippen LogP contribution in [-0.2, 0) is 4.79 Å². The van der Waals surface area contributed by atoms with Crippen LogP contribution in [0.1, 0.15) is 13.3 Å². The lowest BCUT2D eigenvalue weighted by Crippen LogP contribution is -2.31. The van der Waals surface area contributed by atoms with Gasteiger partial charge in [-0.1, -0.05) is 6.92 Å². The minimum Gasteiger partial charge on any atom is -0.314 e. The molecule has 0 aliphatic heterocycles. The van der Waals surface area contributed by atoms with Crippen LogP contribution in [0.2, 0.25) is 0 Å². The first-order chi connectivity index (χ1) is 8.13. The Bertz CT molecular complexity index is 422. The van der Waals surface area contributed by atoms with Crippen molar-refractivity contribution in [1.29, 1.82) is 5.26 Å². The summed E-state index contributed by atoms with van der Waals surface area (Å²) in [4.78, 5) is 14.7. The van der Waals surface area contributed by atoms with Gasteiger partial charge < -0.3 is 4.90 Å². The van der Waals surface area contributed by atoms with E-state index in [1.54, 1.807) is 23.7 Å². The van der Waals surface area contributed by atoms with Gasteiger partial charge in [0.1, 0.15) is 5.92 Å². The van der Waals surface area contributed by atoms with E-state index in [9.17, 15) is 4.79 Å². The molecule has 1 aromatic carbocycles. The molecule has 3 nitrogen and oxygen atoms in total. The number of nitrogens with zero attached hydrogens (tertiary/aromatic N) is 2. The van der Waals surface area contributed by atoms with Crippen molar-refractivity contribution >= 4 is 23.4 Å². The summed E-state index contributed by atoms with van der Waals surface area (Å²) in [5.41, 5.74) is 0.821. The Morgan fingerprint density at radius 2 is 2.06 bits per heavy atom. The second kappa shape index (κ2) is 6.31. The maximum atomic E-state index is 12.0. The van der Waals surface area contributed by atoms with Gasteiger partial charge in [0.2, 0.25) is 5.91 Å². The number of rotatable bonds is 4. The molecule has 0 fully saturated rings. The van der Waals surface area contributed by atoms with E-state index >= 15 is 0 Å². The van der Waals surface area contributed by atoms with Crippen LogP contribution in [0.25, 0.3) is 0 Å². The summed E-state index contributed by atoms with van der Waals surface area (Å²) in [6.45, 7) is 1.84. The molecule has 17 heavy (non-hydrogen) atoms. The molecule has 1 rings (SSSR count). The normalized spacial score (nSPS) is 11.6. The fraction of sp³-hybridized carbons (Fsp3) is 0.385. The Hall–Kier alpha value is -1.47. The molecule has 0 aliphatic rings. The smallest absolute Gasteiger partial charge is 0.244 e. The Kier molecular flexibility index (Phi) is 5.05. The topological polar surface area (TPSA) is 44.1 Å². The van der Waals surface area contributed by atoms with E-state index in [1.165, 1.54) is 0 Å². The second-order valence-electron chi connectivity index (χ2n) is 3.69. The van der Waals surface area contributed by atoms with Gasteiger partial charge in [0.15, 0.2) is 0 Å². The summed E-state index contributed by atoms with van der Waals surface area (Å²) in [6, 6.07) is 9.76. The van der Waals surface area contributed by atoms with Crippen LogP contribution in [-0.4, -0.2) is 19.2 Å². The van der Waals surface area contributed by atoms with E-state index in [0.29, 0.717) is 6.42 Å². The SMILES string of the molecule is CCC(C#N)C(=O)N(C)c1ccc(SC)cc1. The van der Waals surface area contributed by atoms with E-state index in [4.69, 9.17) is 5.26 Å². The lowest BCUT2D eigenvalue weighted by Gasteiger charge is -2.19. The molecule has 4 heteroatoms. The largest absolute Gasteiger partial charge is 0.314 e. The molecular formula is C13H16N2OS. The van der Waals surface area contributed by atoms with Gasteiger partial charge in [0.25, 0.3) is 0 Å². The van der Waals surface area contributed by atoms with E-state index < -0.39 is 5.92 Å². The van der Waals surface area contributed by atoms with Crippen LogP contribution in [0.15, 0.2) is 29.2 Å². The molecule has 0 N–H and O–H groups in total. The Morgan fingerprint density at radius 3 is 2.47 bits per heavy atom. The number of carbonyl (C=O) groups excluding carboxylic acids is 1. The first-order valence-electron chi connectivity index (χ1n) is 5.45. The van der Waals surface area contributed by atoms with Crippen LogP contribution >= 0.6 is 11.8 Å². The summed E-state index contributed by atoms with van der Waals surface area (Å²) >= 11 is 1.66. The number of nitriles is 1. The zero-order valence-electron chi connectivity index (χ0n) is 10.3. The Balaban J connectivity index is 2.85. The summed E-state index contributed by atoms with van der Waals surface area (Å²) in [6.07, 6.45) is 2.55. The van der Waals surface area contributed by atoms with Gasteiger partial charge in [-0.05, 0) is 36.9 Å². The van der Waals surface area contributed by atoms with Crippen LogP contribution in [0.5, 0.6) is 0 Å². The lowest BCUT2D eigenvalue weighted by atomic mass is 10.1. The van der Waals surface area contributed by atoms with Crippen molar-refractivity contribution in [3.8, 4) is 6.07 Å². The highest BCUT2D eigenvalue weighted by molar-refractivity contribution is 7.98. The number of carbonyl (C=O) groups is 1. The number of hydrogen-bond acceptors (Lipinski definition) is 3. The molecule has 1 atom stereocenters. The highest BCUT2D eigenvalue weighted by Gasteiger charge is 2.20. The van der Waals surface area contributed by atoms with E-state index in [0.717, 1.165) is 10.6 Å². The van der Waals surface area contributed by atoms with Gasteiger partial charge in [-0.15, -0.1) is 11.8 Å². The molecule has 1 unspecified atom stereocenters. The monoisotopic (exact) mass is 248 g/mol. The molecule has 0 heterocycles. The van der Waals surface area contributed by atoms with Gasteiger partial charge in [-0.3, -0.25) is 4.79 Å². The van der Waals surface area contributed by atoms with Crippen molar-refractivity contribution in [3.05, 3.63) is 24.3 Å². The summed E-state index contributed by atoms with van der Waals surface area (Å²) in [5.74, 6) is -0.702. The van der Waals surface area contributed by atoms with Gasteiger partial charge in [-0.2, -0.15) is 5.26 Å². The average molecular weight is 248 g/mol. The first-order valence-corrected chi connectivity index (χ1v) is 6.67. The number of thioether (sulfide) groups is 1. The molecule has 0 saturated carbocycles. The molecule has 1 amide bonds. The second-order valence-corrected chi connectivity index (χ2v) is 4.56. The maximum Gasteiger partial charge on any atom is 0.244 e. The van der Waals surface area contributed by atoms with Crippen molar-refractivity contribution < 1.29 is 4.79 Å². The van der Waals surface area contributed by atoms with Gasteiger partial charge in [0.05, 0.1) is 6.07 Å². The van der Waals surface area contributed by atoms with E-state index in [2.05, 4.69) is 0 Å². The Morgan fingerprint density at radius 1 is 1.47 bits per heavy atom. The van der Waals surface area contributed by atoms with Crippen LogP contribution in [0.3, 0.4) is 0 Å². The van der Waals surface area contributed by atoms with Crippen molar-refractivity contribution in [2.45, 2.75) is 18.2 Å². The highest BCUT2D eigenvalue weighted by atomic mass is 32.2. The van der Waals surface area contributed by atoms with Crippen molar-refractivity contribution in [3.63, 3.8) is 0 Å². The number of amides is 1. The van der Waals surface area contributed by atoms with Gasteiger partial charge in [0, 0.05) is 17.6 Å². The molecule has 90 valence electrons. The molecule has 0 radical (unpaired) electrons. The molecule has 0 aliphatic carbocycles. The highest BCUT2D eigenvalue weighted by Crippen LogP contribution is 2.21. The lowest BCUT2D eigenvalue weighted by molar-refractivity contribution is -0.120. The molecule has 1 aromatic rings. The third-order valence-electron chi connectivity index (χ3n) is 2.65. The minimum atomic E-state index is -0.555. The molecule has 0 aromatic heterocycles. The quantitative estimate of drug-likeness (QED) is 0.769. The number of hydrogen-bond donors (Lipinski definition) is 0.